The van der Waals surface area contributed by atoms with Gasteiger partial charge in [0.1, 0.15) is 0 Å². The molecule has 1 heterocycles. The number of hydrogen-bond donors (Lipinski definition) is 1. The summed E-state index contributed by atoms with van der Waals surface area (Å²) in [5, 5.41) is 13.7. The van der Waals surface area contributed by atoms with Crippen LogP contribution in [0.1, 0.15) is 25.2 Å². The number of aliphatic carboxylic acids is 1. The van der Waals surface area contributed by atoms with Crippen molar-refractivity contribution in [2.45, 2.75) is 26.7 Å². The highest BCUT2D eigenvalue weighted by molar-refractivity contribution is 6.32. The van der Waals surface area contributed by atoms with Gasteiger partial charge in [0, 0.05) is 13.5 Å². The second-order valence-electron chi connectivity index (χ2n) is 4.03. The number of hydrogen-bond acceptors (Lipinski definition) is 4. The Hall–Kier alpha value is -1.56. The molecule has 1 rings (SSSR count). The summed E-state index contributed by atoms with van der Waals surface area (Å²) in [5.74, 6) is -3.25. The molecule has 0 bridgehead atoms. The maximum atomic E-state index is 11.6. The molecule has 0 saturated heterocycles. The Morgan fingerprint density at radius 2 is 2.11 bits per heavy atom. The lowest BCUT2D eigenvalue weighted by atomic mass is 10.0. The monoisotopic (exact) mass is 288 g/mol. The highest BCUT2D eigenvalue weighted by Crippen LogP contribution is 2.24. The summed E-state index contributed by atoms with van der Waals surface area (Å²) in [4.78, 5) is 22.8. The lowest BCUT2D eigenvalue weighted by molar-refractivity contribution is -0.158. The summed E-state index contributed by atoms with van der Waals surface area (Å²) in [6, 6.07) is 0. The molecule has 1 unspecified atom stereocenters. The van der Waals surface area contributed by atoms with E-state index in [4.69, 9.17) is 21.4 Å². The van der Waals surface area contributed by atoms with E-state index in [1.807, 2.05) is 6.92 Å². The van der Waals surface area contributed by atoms with Gasteiger partial charge in [-0.25, -0.2) is 0 Å². The lowest BCUT2D eigenvalue weighted by Gasteiger charge is -2.11. The molecule has 0 saturated carbocycles. The number of nitrogens with zero attached hydrogens (tertiary/aromatic N) is 2. The van der Waals surface area contributed by atoms with E-state index in [-0.39, 0.29) is 13.0 Å². The van der Waals surface area contributed by atoms with Crippen LogP contribution in [0.4, 0.5) is 0 Å². The zero-order valence-electron chi connectivity index (χ0n) is 11.1. The van der Waals surface area contributed by atoms with Gasteiger partial charge in [0.05, 0.1) is 23.0 Å². The molecular formula is C12H17ClN2O4. The average molecular weight is 289 g/mol. The fourth-order valence-corrected chi connectivity index (χ4v) is 2.12. The van der Waals surface area contributed by atoms with E-state index >= 15 is 0 Å². The smallest absolute Gasteiger partial charge is 0.320 e. The maximum Gasteiger partial charge on any atom is 0.320 e. The van der Waals surface area contributed by atoms with Crippen molar-refractivity contribution in [3.05, 3.63) is 16.4 Å². The SMILES string of the molecule is CCOC(=O)C(Cc1c(Cl)c(CC)nn1C)C(=O)O. The minimum atomic E-state index is -1.27. The molecule has 1 atom stereocenters. The number of halogens is 1. The molecule has 0 aliphatic rings. The van der Waals surface area contributed by atoms with Crippen molar-refractivity contribution in [1.82, 2.24) is 9.78 Å². The van der Waals surface area contributed by atoms with Gasteiger partial charge < -0.3 is 9.84 Å². The van der Waals surface area contributed by atoms with Crippen LogP contribution in [0, 0.1) is 5.92 Å². The van der Waals surface area contributed by atoms with Crippen LogP contribution < -0.4 is 0 Å². The Morgan fingerprint density at radius 1 is 1.47 bits per heavy atom. The molecule has 6 nitrogen and oxygen atoms in total. The van der Waals surface area contributed by atoms with E-state index in [0.29, 0.717) is 22.8 Å². The van der Waals surface area contributed by atoms with Gasteiger partial charge in [-0.05, 0) is 13.3 Å². The molecule has 7 heteroatoms. The molecule has 0 radical (unpaired) electrons. The van der Waals surface area contributed by atoms with Crippen LogP contribution in [0.5, 0.6) is 0 Å². The van der Waals surface area contributed by atoms with E-state index in [2.05, 4.69) is 5.10 Å². The van der Waals surface area contributed by atoms with Gasteiger partial charge >= 0.3 is 11.9 Å². The van der Waals surface area contributed by atoms with Crippen LogP contribution >= 0.6 is 11.6 Å². The third kappa shape index (κ3) is 3.47. The molecule has 19 heavy (non-hydrogen) atoms. The van der Waals surface area contributed by atoms with Crippen LogP contribution in [0.15, 0.2) is 0 Å². The van der Waals surface area contributed by atoms with Crippen molar-refractivity contribution >= 4 is 23.5 Å². The second-order valence-corrected chi connectivity index (χ2v) is 4.41. The first-order valence-electron chi connectivity index (χ1n) is 6.01. The Kier molecular flexibility index (Phi) is 5.35. The number of carboxylic acid groups (broad SMARTS) is 1. The van der Waals surface area contributed by atoms with Crippen molar-refractivity contribution in [3.8, 4) is 0 Å². The summed E-state index contributed by atoms with van der Waals surface area (Å²) in [5.41, 5.74) is 1.21. The molecule has 0 aromatic carbocycles. The number of rotatable bonds is 6. The van der Waals surface area contributed by atoms with Gasteiger partial charge in [0.25, 0.3) is 0 Å². The Morgan fingerprint density at radius 3 is 2.53 bits per heavy atom. The molecule has 0 fully saturated rings. The zero-order valence-corrected chi connectivity index (χ0v) is 11.9. The van der Waals surface area contributed by atoms with Crippen molar-refractivity contribution in [2.75, 3.05) is 6.61 Å². The van der Waals surface area contributed by atoms with Crippen LogP contribution in [0.2, 0.25) is 5.02 Å². The maximum absolute atomic E-state index is 11.6. The van der Waals surface area contributed by atoms with Gasteiger partial charge in [-0.1, -0.05) is 18.5 Å². The molecule has 1 aromatic heterocycles. The van der Waals surface area contributed by atoms with E-state index in [1.165, 1.54) is 4.68 Å². The number of esters is 1. The number of ether oxygens (including phenoxy) is 1. The normalized spacial score (nSPS) is 12.2. The molecule has 0 aliphatic heterocycles. The highest BCUT2D eigenvalue weighted by Gasteiger charge is 2.30. The van der Waals surface area contributed by atoms with E-state index in [0.717, 1.165) is 0 Å². The topological polar surface area (TPSA) is 81.4 Å². The zero-order chi connectivity index (χ0) is 14.6. The van der Waals surface area contributed by atoms with E-state index < -0.39 is 17.9 Å². The Bertz CT molecular complexity index is 484. The molecular weight excluding hydrogens is 272 g/mol. The first-order valence-corrected chi connectivity index (χ1v) is 6.39. The third-order valence-electron chi connectivity index (χ3n) is 2.77. The van der Waals surface area contributed by atoms with Crippen LogP contribution in [-0.4, -0.2) is 33.4 Å². The number of aromatic nitrogens is 2. The molecule has 0 spiro atoms. The number of carboxylic acids is 1. The first kappa shape index (κ1) is 15.5. The quantitative estimate of drug-likeness (QED) is 0.633. The van der Waals surface area contributed by atoms with Crippen molar-refractivity contribution in [2.24, 2.45) is 13.0 Å². The van der Waals surface area contributed by atoms with Gasteiger partial charge in [0.2, 0.25) is 0 Å². The van der Waals surface area contributed by atoms with Gasteiger partial charge in [-0.2, -0.15) is 5.10 Å². The summed E-state index contributed by atoms with van der Waals surface area (Å²) < 4.78 is 6.27. The largest absolute Gasteiger partial charge is 0.481 e. The molecule has 0 amide bonds. The molecule has 1 N–H and O–H groups in total. The van der Waals surface area contributed by atoms with Gasteiger partial charge in [-0.15, -0.1) is 0 Å². The van der Waals surface area contributed by atoms with Gasteiger partial charge in [-0.3, -0.25) is 14.3 Å². The van der Waals surface area contributed by atoms with Crippen molar-refractivity contribution in [3.63, 3.8) is 0 Å². The highest BCUT2D eigenvalue weighted by atomic mass is 35.5. The summed E-state index contributed by atoms with van der Waals surface area (Å²) >= 11 is 6.13. The predicted molar refractivity (Wildman–Crippen MR) is 69.1 cm³/mol. The fraction of sp³-hybridized carbons (Fsp3) is 0.583. The van der Waals surface area contributed by atoms with Crippen LogP contribution in [0.3, 0.4) is 0 Å². The van der Waals surface area contributed by atoms with Crippen LogP contribution in [-0.2, 0) is 34.2 Å². The minimum absolute atomic E-state index is 0.0312. The van der Waals surface area contributed by atoms with E-state index in [1.54, 1.807) is 14.0 Å². The number of carbonyl (C=O) groups excluding carboxylic acids is 1. The van der Waals surface area contributed by atoms with Crippen molar-refractivity contribution in [1.29, 1.82) is 0 Å². The van der Waals surface area contributed by atoms with Gasteiger partial charge in [0.15, 0.2) is 5.92 Å². The number of carbonyl (C=O) groups is 2. The molecule has 0 aliphatic carbocycles. The summed E-state index contributed by atoms with van der Waals surface area (Å²) in [6.45, 7) is 3.67. The second kappa shape index (κ2) is 6.56. The van der Waals surface area contributed by atoms with Crippen molar-refractivity contribution < 1.29 is 19.4 Å². The first-order chi connectivity index (χ1) is 8.92. The fourth-order valence-electron chi connectivity index (χ4n) is 1.75. The summed E-state index contributed by atoms with van der Waals surface area (Å²) in [6.07, 6.45) is 0.611. The summed E-state index contributed by atoms with van der Waals surface area (Å²) in [7, 11) is 1.67. The number of aryl methyl sites for hydroxylation is 2. The molecule has 106 valence electrons. The standard InChI is InChI=1S/C12H17ClN2O4/c1-4-8-10(13)9(15(3)14-8)6-7(11(16)17)12(18)19-5-2/h7H,4-6H2,1-3H3,(H,16,17). The predicted octanol–water partition coefficient (Wildman–Crippen LogP) is 1.44. The van der Waals surface area contributed by atoms with E-state index in [9.17, 15) is 9.59 Å². The Labute approximate surface area is 116 Å². The Balaban J connectivity index is 3.00. The lowest BCUT2D eigenvalue weighted by Crippen LogP contribution is -2.28. The molecule has 1 aromatic rings. The third-order valence-corrected chi connectivity index (χ3v) is 3.21. The van der Waals surface area contributed by atoms with Crippen LogP contribution in [0.25, 0.3) is 0 Å². The average Bonchev–Trinajstić information content (AvgIpc) is 2.61. The minimum Gasteiger partial charge on any atom is -0.481 e.